The number of rotatable bonds is 4. The van der Waals surface area contributed by atoms with Crippen LogP contribution in [0.5, 0.6) is 0 Å². The third kappa shape index (κ3) is 2.82. The number of hydrogen-bond donors (Lipinski definition) is 2. The van der Waals surface area contributed by atoms with E-state index in [-0.39, 0.29) is 23.8 Å². The van der Waals surface area contributed by atoms with Crippen molar-refractivity contribution >= 4 is 17.7 Å². The standard InChI is InChI=1S/C13H17NO2S/c1-2-10(8-15)14-13(16)12-7-9-5-3-4-6-11(9)17-12/h3-6,10,12,15H,2,7-8H2,1H3,(H,14,16). The molecule has 1 aliphatic heterocycles. The highest BCUT2D eigenvalue weighted by Gasteiger charge is 2.28. The minimum Gasteiger partial charge on any atom is -0.394 e. The lowest BCUT2D eigenvalue weighted by Crippen LogP contribution is -2.41. The van der Waals surface area contributed by atoms with Crippen LogP contribution in [0.2, 0.25) is 0 Å². The van der Waals surface area contributed by atoms with Crippen molar-refractivity contribution in [3.63, 3.8) is 0 Å². The smallest absolute Gasteiger partial charge is 0.234 e. The molecule has 0 aliphatic carbocycles. The summed E-state index contributed by atoms with van der Waals surface area (Å²) in [6.45, 7) is 1.96. The molecule has 92 valence electrons. The fraction of sp³-hybridized carbons (Fsp3) is 0.462. The van der Waals surface area contributed by atoms with Gasteiger partial charge in [-0.25, -0.2) is 0 Å². The minimum absolute atomic E-state index is 0.00652. The normalized spacial score (nSPS) is 19.8. The Morgan fingerprint density at radius 1 is 1.59 bits per heavy atom. The van der Waals surface area contributed by atoms with Crippen LogP contribution in [0.15, 0.2) is 29.2 Å². The number of carbonyl (C=O) groups excluding carboxylic acids is 1. The van der Waals surface area contributed by atoms with Gasteiger partial charge in [-0.2, -0.15) is 0 Å². The summed E-state index contributed by atoms with van der Waals surface area (Å²) in [5.41, 5.74) is 1.25. The Hall–Kier alpha value is -1.00. The highest BCUT2D eigenvalue weighted by Crippen LogP contribution is 2.36. The molecule has 1 heterocycles. The highest BCUT2D eigenvalue weighted by molar-refractivity contribution is 8.01. The van der Waals surface area contributed by atoms with E-state index in [1.165, 1.54) is 10.5 Å². The van der Waals surface area contributed by atoms with Gasteiger partial charge in [-0.1, -0.05) is 25.1 Å². The van der Waals surface area contributed by atoms with E-state index in [0.29, 0.717) is 0 Å². The van der Waals surface area contributed by atoms with Crippen LogP contribution in [0, 0.1) is 0 Å². The van der Waals surface area contributed by atoms with E-state index in [1.54, 1.807) is 11.8 Å². The van der Waals surface area contributed by atoms with Gasteiger partial charge in [0.2, 0.25) is 5.91 Å². The van der Waals surface area contributed by atoms with E-state index < -0.39 is 0 Å². The average molecular weight is 251 g/mol. The Kier molecular flexibility index (Phi) is 4.07. The number of amides is 1. The zero-order valence-corrected chi connectivity index (χ0v) is 10.7. The van der Waals surface area contributed by atoms with Gasteiger partial charge >= 0.3 is 0 Å². The van der Waals surface area contributed by atoms with Gasteiger partial charge in [-0.15, -0.1) is 11.8 Å². The molecule has 1 aromatic carbocycles. The molecule has 0 saturated heterocycles. The van der Waals surface area contributed by atoms with Crippen LogP contribution < -0.4 is 5.32 Å². The first kappa shape index (κ1) is 12.5. The Morgan fingerprint density at radius 3 is 3.00 bits per heavy atom. The van der Waals surface area contributed by atoms with Crippen molar-refractivity contribution in [1.29, 1.82) is 0 Å². The zero-order valence-electron chi connectivity index (χ0n) is 9.85. The Morgan fingerprint density at radius 2 is 2.35 bits per heavy atom. The van der Waals surface area contributed by atoms with E-state index in [0.717, 1.165) is 12.8 Å². The third-order valence-electron chi connectivity index (χ3n) is 3.00. The van der Waals surface area contributed by atoms with Gasteiger partial charge in [0.1, 0.15) is 0 Å². The summed E-state index contributed by atoms with van der Waals surface area (Å²) in [6, 6.07) is 8.00. The molecule has 1 amide bonds. The summed E-state index contributed by atoms with van der Waals surface area (Å²) < 4.78 is 0. The molecule has 1 aliphatic rings. The lowest BCUT2D eigenvalue weighted by Gasteiger charge is -2.16. The van der Waals surface area contributed by atoms with Crippen molar-refractivity contribution in [3.05, 3.63) is 29.8 Å². The first-order valence-electron chi connectivity index (χ1n) is 5.90. The summed E-state index contributed by atoms with van der Waals surface area (Å²) in [7, 11) is 0. The number of thioether (sulfide) groups is 1. The molecule has 2 atom stereocenters. The number of benzene rings is 1. The van der Waals surface area contributed by atoms with Crippen LogP contribution in [-0.4, -0.2) is 28.9 Å². The number of nitrogens with one attached hydrogen (secondary N) is 1. The monoisotopic (exact) mass is 251 g/mol. The fourth-order valence-electron chi connectivity index (χ4n) is 1.90. The maximum absolute atomic E-state index is 12.0. The summed E-state index contributed by atoms with van der Waals surface area (Å²) in [5, 5.41) is 11.9. The lowest BCUT2D eigenvalue weighted by molar-refractivity contribution is -0.121. The van der Waals surface area contributed by atoms with E-state index in [1.807, 2.05) is 19.1 Å². The molecule has 0 fully saturated rings. The van der Waals surface area contributed by atoms with Gasteiger partial charge < -0.3 is 10.4 Å². The predicted molar refractivity (Wildman–Crippen MR) is 69.1 cm³/mol. The second-order valence-electron chi connectivity index (χ2n) is 4.21. The van der Waals surface area contributed by atoms with Gasteiger partial charge in [0.15, 0.2) is 0 Å². The molecule has 2 N–H and O–H groups in total. The SMILES string of the molecule is CCC(CO)NC(=O)C1Cc2ccccc2S1. The molecule has 4 heteroatoms. The van der Waals surface area contributed by atoms with Crippen molar-refractivity contribution in [2.75, 3.05) is 6.61 Å². The predicted octanol–water partition coefficient (Wildman–Crippen LogP) is 1.59. The second kappa shape index (κ2) is 5.56. The number of aliphatic hydroxyl groups is 1. The van der Waals surface area contributed by atoms with Crippen molar-refractivity contribution < 1.29 is 9.90 Å². The van der Waals surface area contributed by atoms with E-state index in [9.17, 15) is 4.79 Å². The highest BCUT2D eigenvalue weighted by atomic mass is 32.2. The van der Waals surface area contributed by atoms with Crippen molar-refractivity contribution in [3.8, 4) is 0 Å². The first-order valence-corrected chi connectivity index (χ1v) is 6.78. The van der Waals surface area contributed by atoms with Crippen LogP contribution in [-0.2, 0) is 11.2 Å². The zero-order chi connectivity index (χ0) is 12.3. The van der Waals surface area contributed by atoms with Gasteiger partial charge in [-0.05, 0) is 24.5 Å². The summed E-state index contributed by atoms with van der Waals surface area (Å²) in [5.74, 6) is 0.0344. The van der Waals surface area contributed by atoms with E-state index in [2.05, 4.69) is 17.4 Å². The summed E-state index contributed by atoms with van der Waals surface area (Å²) in [4.78, 5) is 13.2. The fourth-order valence-corrected chi connectivity index (χ4v) is 3.10. The summed E-state index contributed by atoms with van der Waals surface area (Å²) in [6.07, 6.45) is 1.54. The molecule has 17 heavy (non-hydrogen) atoms. The molecule has 0 spiro atoms. The molecule has 1 aromatic rings. The minimum atomic E-state index is -0.119. The quantitative estimate of drug-likeness (QED) is 0.854. The molecule has 0 radical (unpaired) electrons. The average Bonchev–Trinajstić information content (AvgIpc) is 2.79. The Balaban J connectivity index is 1.96. The largest absolute Gasteiger partial charge is 0.394 e. The molecule has 0 aromatic heterocycles. The van der Waals surface area contributed by atoms with Gasteiger partial charge in [0, 0.05) is 4.90 Å². The van der Waals surface area contributed by atoms with Crippen LogP contribution in [0.3, 0.4) is 0 Å². The molecular formula is C13H17NO2S. The summed E-state index contributed by atoms with van der Waals surface area (Å²) >= 11 is 1.61. The van der Waals surface area contributed by atoms with Crippen LogP contribution in [0.4, 0.5) is 0 Å². The number of hydrogen-bond acceptors (Lipinski definition) is 3. The molecule has 0 bridgehead atoms. The van der Waals surface area contributed by atoms with Gasteiger partial charge in [0.05, 0.1) is 17.9 Å². The van der Waals surface area contributed by atoms with Crippen molar-refractivity contribution in [2.45, 2.75) is 36.0 Å². The van der Waals surface area contributed by atoms with Crippen LogP contribution in [0.1, 0.15) is 18.9 Å². The van der Waals surface area contributed by atoms with Crippen molar-refractivity contribution in [2.24, 2.45) is 0 Å². The number of fused-ring (bicyclic) bond motifs is 1. The Labute approximate surface area is 106 Å². The van der Waals surface area contributed by atoms with Crippen molar-refractivity contribution in [1.82, 2.24) is 5.32 Å². The maximum atomic E-state index is 12.0. The molecule has 2 rings (SSSR count). The first-order chi connectivity index (χ1) is 8.24. The molecule has 2 unspecified atom stereocenters. The molecule has 0 saturated carbocycles. The maximum Gasteiger partial charge on any atom is 0.234 e. The molecular weight excluding hydrogens is 234 g/mol. The Bertz CT molecular complexity index is 379. The van der Waals surface area contributed by atoms with Crippen LogP contribution in [0.25, 0.3) is 0 Å². The van der Waals surface area contributed by atoms with Crippen LogP contribution >= 0.6 is 11.8 Å². The van der Waals surface area contributed by atoms with Gasteiger partial charge in [0.25, 0.3) is 0 Å². The third-order valence-corrected chi connectivity index (χ3v) is 4.32. The number of aliphatic hydroxyl groups excluding tert-OH is 1. The second-order valence-corrected chi connectivity index (χ2v) is 5.46. The lowest BCUT2D eigenvalue weighted by atomic mass is 10.1. The number of carbonyl (C=O) groups is 1. The topological polar surface area (TPSA) is 49.3 Å². The van der Waals surface area contributed by atoms with E-state index in [4.69, 9.17) is 5.11 Å². The molecule has 3 nitrogen and oxygen atoms in total. The van der Waals surface area contributed by atoms with E-state index >= 15 is 0 Å². The van der Waals surface area contributed by atoms with Gasteiger partial charge in [-0.3, -0.25) is 4.79 Å².